The average molecular weight is 301 g/mol. The van der Waals surface area contributed by atoms with Crippen LogP contribution in [0.15, 0.2) is 28.7 Å². The molecule has 0 bridgehead atoms. The minimum absolute atomic E-state index is 0.148. The van der Waals surface area contributed by atoms with Gasteiger partial charge in [0.25, 0.3) is 0 Å². The molecule has 1 aromatic heterocycles. The number of fused-ring (bicyclic) bond motifs is 1. The Bertz CT molecular complexity index is 662. The van der Waals surface area contributed by atoms with Crippen molar-refractivity contribution < 1.29 is 13.9 Å². The Balaban J connectivity index is 1.76. The summed E-state index contributed by atoms with van der Waals surface area (Å²) in [5, 5.41) is 3.50. The molecule has 4 heteroatoms. The molecule has 0 saturated carbocycles. The quantitative estimate of drug-likeness (QED) is 0.913. The van der Waals surface area contributed by atoms with E-state index < -0.39 is 0 Å². The molecular weight excluding hydrogens is 278 g/mol. The molecule has 0 amide bonds. The lowest BCUT2D eigenvalue weighted by Crippen LogP contribution is -2.18. The summed E-state index contributed by atoms with van der Waals surface area (Å²) in [6.45, 7) is 6.87. The molecule has 0 radical (unpaired) electrons. The van der Waals surface area contributed by atoms with Gasteiger partial charge < -0.3 is 19.2 Å². The predicted octanol–water partition coefficient (Wildman–Crippen LogP) is 3.77. The largest absolute Gasteiger partial charge is 0.497 e. The van der Waals surface area contributed by atoms with Crippen molar-refractivity contribution in [2.75, 3.05) is 7.11 Å². The number of nitrogens with one attached hydrogen (secondary N) is 1. The molecule has 2 heterocycles. The van der Waals surface area contributed by atoms with Crippen LogP contribution in [-0.2, 0) is 13.0 Å². The summed E-state index contributed by atoms with van der Waals surface area (Å²) in [7, 11) is 1.70. The third-order valence-electron chi connectivity index (χ3n) is 4.07. The zero-order valence-corrected chi connectivity index (χ0v) is 13.6. The molecule has 2 unspecified atom stereocenters. The molecule has 1 aliphatic heterocycles. The van der Waals surface area contributed by atoms with Gasteiger partial charge in [-0.1, -0.05) is 0 Å². The molecule has 1 aromatic carbocycles. The zero-order valence-electron chi connectivity index (χ0n) is 13.6. The van der Waals surface area contributed by atoms with E-state index in [0.29, 0.717) is 6.54 Å². The van der Waals surface area contributed by atoms with Gasteiger partial charge in [-0.15, -0.1) is 0 Å². The van der Waals surface area contributed by atoms with Gasteiger partial charge in [0.05, 0.1) is 13.2 Å². The van der Waals surface area contributed by atoms with Crippen LogP contribution in [0.25, 0.3) is 0 Å². The number of hydrogen-bond donors (Lipinski definition) is 1. The highest BCUT2D eigenvalue weighted by molar-refractivity contribution is 5.49. The van der Waals surface area contributed by atoms with Crippen LogP contribution >= 0.6 is 0 Å². The SMILES string of the molecule is COc1cc(CNC(C)c2ccc(C)o2)c2c(c1)CC(C)O2. The van der Waals surface area contributed by atoms with Gasteiger partial charge in [-0.2, -0.15) is 0 Å². The van der Waals surface area contributed by atoms with Crippen molar-refractivity contribution in [3.05, 3.63) is 46.9 Å². The van der Waals surface area contributed by atoms with Crippen molar-refractivity contribution in [3.8, 4) is 11.5 Å². The summed E-state index contributed by atoms with van der Waals surface area (Å²) in [6, 6.07) is 8.27. The van der Waals surface area contributed by atoms with E-state index in [4.69, 9.17) is 13.9 Å². The molecule has 0 aliphatic carbocycles. The van der Waals surface area contributed by atoms with Crippen LogP contribution in [-0.4, -0.2) is 13.2 Å². The highest BCUT2D eigenvalue weighted by atomic mass is 16.5. The van der Waals surface area contributed by atoms with Crippen molar-refractivity contribution in [2.24, 2.45) is 0 Å². The van der Waals surface area contributed by atoms with Crippen LogP contribution in [0.1, 0.15) is 42.5 Å². The first-order chi connectivity index (χ1) is 10.6. The normalized spacial score (nSPS) is 17.9. The lowest BCUT2D eigenvalue weighted by Gasteiger charge is -2.15. The monoisotopic (exact) mass is 301 g/mol. The summed E-state index contributed by atoms with van der Waals surface area (Å²) in [6.07, 6.45) is 1.16. The molecule has 22 heavy (non-hydrogen) atoms. The topological polar surface area (TPSA) is 43.6 Å². The van der Waals surface area contributed by atoms with E-state index in [2.05, 4.69) is 25.2 Å². The lowest BCUT2D eigenvalue weighted by atomic mass is 10.1. The Kier molecular flexibility index (Phi) is 4.12. The predicted molar refractivity (Wildman–Crippen MR) is 85.5 cm³/mol. The van der Waals surface area contributed by atoms with Gasteiger partial charge in [0.15, 0.2) is 0 Å². The van der Waals surface area contributed by atoms with Gasteiger partial charge in [-0.3, -0.25) is 0 Å². The first kappa shape index (κ1) is 15.0. The van der Waals surface area contributed by atoms with Crippen LogP contribution in [0.2, 0.25) is 0 Å². The maximum atomic E-state index is 5.96. The third kappa shape index (κ3) is 2.97. The zero-order chi connectivity index (χ0) is 15.7. The third-order valence-corrected chi connectivity index (χ3v) is 4.07. The second-order valence-corrected chi connectivity index (χ2v) is 5.96. The van der Waals surface area contributed by atoms with E-state index in [-0.39, 0.29) is 12.1 Å². The lowest BCUT2D eigenvalue weighted by molar-refractivity contribution is 0.251. The van der Waals surface area contributed by atoms with E-state index in [0.717, 1.165) is 35.0 Å². The highest BCUT2D eigenvalue weighted by Crippen LogP contribution is 2.36. The van der Waals surface area contributed by atoms with E-state index in [1.807, 2.05) is 25.1 Å². The van der Waals surface area contributed by atoms with Gasteiger partial charge in [-0.25, -0.2) is 0 Å². The summed E-state index contributed by atoms with van der Waals surface area (Å²) in [4.78, 5) is 0. The number of furan rings is 1. The van der Waals surface area contributed by atoms with Crippen LogP contribution in [0.4, 0.5) is 0 Å². The molecule has 0 spiro atoms. The first-order valence-electron chi connectivity index (χ1n) is 7.73. The van der Waals surface area contributed by atoms with E-state index in [9.17, 15) is 0 Å². The van der Waals surface area contributed by atoms with Crippen molar-refractivity contribution in [1.29, 1.82) is 0 Å². The smallest absolute Gasteiger partial charge is 0.127 e. The van der Waals surface area contributed by atoms with Gasteiger partial charge in [-0.05, 0) is 45.0 Å². The van der Waals surface area contributed by atoms with Gasteiger partial charge in [0.2, 0.25) is 0 Å². The molecule has 3 rings (SSSR count). The molecule has 0 fully saturated rings. The fraction of sp³-hybridized carbons (Fsp3) is 0.444. The van der Waals surface area contributed by atoms with Gasteiger partial charge in [0.1, 0.15) is 29.1 Å². The summed E-state index contributed by atoms with van der Waals surface area (Å²) < 4.78 is 17.0. The number of ether oxygens (including phenoxy) is 2. The molecule has 1 N–H and O–H groups in total. The summed E-state index contributed by atoms with van der Waals surface area (Å²) >= 11 is 0. The Morgan fingerprint density at radius 2 is 2.18 bits per heavy atom. The maximum Gasteiger partial charge on any atom is 0.127 e. The molecular formula is C18H23NO3. The minimum atomic E-state index is 0.148. The average Bonchev–Trinajstić information content (AvgIpc) is 3.09. The Morgan fingerprint density at radius 3 is 2.86 bits per heavy atom. The second kappa shape index (κ2) is 6.05. The van der Waals surface area contributed by atoms with E-state index >= 15 is 0 Å². The minimum Gasteiger partial charge on any atom is -0.497 e. The fourth-order valence-electron chi connectivity index (χ4n) is 2.88. The van der Waals surface area contributed by atoms with Crippen LogP contribution in [0.3, 0.4) is 0 Å². The Morgan fingerprint density at radius 1 is 1.36 bits per heavy atom. The molecule has 118 valence electrons. The number of hydrogen-bond acceptors (Lipinski definition) is 4. The second-order valence-electron chi connectivity index (χ2n) is 5.96. The van der Waals surface area contributed by atoms with E-state index in [1.54, 1.807) is 7.11 Å². The fourth-order valence-corrected chi connectivity index (χ4v) is 2.88. The Labute approximate surface area is 131 Å². The van der Waals surface area contributed by atoms with Gasteiger partial charge >= 0.3 is 0 Å². The standard InChI is InChI=1S/C18H23NO3/c1-11-5-6-17(21-11)13(3)19-10-15-9-16(20-4)8-14-7-12(2)22-18(14)15/h5-6,8-9,12-13,19H,7,10H2,1-4H3. The van der Waals surface area contributed by atoms with Crippen molar-refractivity contribution in [2.45, 2.75) is 45.9 Å². The molecule has 4 nitrogen and oxygen atoms in total. The van der Waals surface area contributed by atoms with Crippen molar-refractivity contribution in [1.82, 2.24) is 5.32 Å². The highest BCUT2D eigenvalue weighted by Gasteiger charge is 2.23. The number of rotatable bonds is 5. The van der Waals surface area contributed by atoms with Crippen molar-refractivity contribution in [3.63, 3.8) is 0 Å². The number of benzene rings is 1. The Hall–Kier alpha value is -1.94. The van der Waals surface area contributed by atoms with Crippen LogP contribution < -0.4 is 14.8 Å². The summed E-state index contributed by atoms with van der Waals surface area (Å²) in [5.74, 6) is 3.77. The van der Waals surface area contributed by atoms with Gasteiger partial charge in [0, 0.05) is 24.1 Å². The van der Waals surface area contributed by atoms with Crippen LogP contribution in [0, 0.1) is 6.92 Å². The maximum absolute atomic E-state index is 5.96. The number of aryl methyl sites for hydroxylation is 1. The molecule has 2 atom stereocenters. The molecule has 1 aliphatic rings. The van der Waals surface area contributed by atoms with Crippen molar-refractivity contribution >= 4 is 0 Å². The summed E-state index contributed by atoms with van der Waals surface area (Å²) in [5.41, 5.74) is 2.36. The number of methoxy groups -OCH3 is 1. The first-order valence-corrected chi connectivity index (χ1v) is 7.73. The molecule has 0 saturated heterocycles. The molecule has 2 aromatic rings. The van der Waals surface area contributed by atoms with Crippen LogP contribution in [0.5, 0.6) is 11.5 Å². The van der Waals surface area contributed by atoms with E-state index in [1.165, 1.54) is 5.56 Å².